The number of hydrogen-bond acceptors (Lipinski definition) is 6. The summed E-state index contributed by atoms with van der Waals surface area (Å²) in [5.74, 6) is -0.880. The third-order valence-electron chi connectivity index (χ3n) is 3.92. The molecule has 1 N–H and O–H groups in total. The Kier molecular flexibility index (Phi) is 6.97. The maximum absolute atomic E-state index is 11.6. The van der Waals surface area contributed by atoms with Gasteiger partial charge in [0, 0.05) is 18.8 Å². The second-order valence-corrected chi connectivity index (χ2v) is 6.00. The van der Waals surface area contributed by atoms with Gasteiger partial charge in [-0.1, -0.05) is 35.4 Å². The minimum Gasteiger partial charge on any atom is -0.459 e. The van der Waals surface area contributed by atoms with Crippen molar-refractivity contribution in [1.82, 2.24) is 5.32 Å². The van der Waals surface area contributed by atoms with Crippen LogP contribution in [-0.4, -0.2) is 42.5 Å². The quantitative estimate of drug-likeness (QED) is 0.359. The van der Waals surface area contributed by atoms with Gasteiger partial charge in [-0.05, 0) is 18.0 Å². The Morgan fingerprint density at radius 3 is 2.58 bits per heavy atom. The topological polar surface area (TPSA) is 123 Å². The number of nitrogens with zero attached hydrogens (tertiary/aromatic N) is 3. The summed E-state index contributed by atoms with van der Waals surface area (Å²) in [6.45, 7) is 4.53. The minimum absolute atomic E-state index is 0.246. The summed E-state index contributed by atoms with van der Waals surface area (Å²) in [5.41, 5.74) is 9.85. The van der Waals surface area contributed by atoms with Gasteiger partial charge in [0.15, 0.2) is 6.29 Å². The highest BCUT2D eigenvalue weighted by Crippen LogP contribution is 2.27. The number of carbonyl (C=O) groups is 2. The average Bonchev–Trinajstić information content (AvgIpc) is 2.59. The first-order chi connectivity index (χ1) is 12.4. The Hall–Kier alpha value is -2.61. The van der Waals surface area contributed by atoms with E-state index in [1.54, 1.807) is 6.92 Å². The molecule has 9 heteroatoms. The highest BCUT2D eigenvalue weighted by Gasteiger charge is 2.46. The second kappa shape index (κ2) is 9.19. The first-order valence-electron chi connectivity index (χ1n) is 8.22. The molecule has 0 unspecified atom stereocenters. The van der Waals surface area contributed by atoms with Crippen LogP contribution in [0.3, 0.4) is 0 Å². The van der Waals surface area contributed by atoms with Gasteiger partial charge in [-0.25, -0.2) is 0 Å². The van der Waals surface area contributed by atoms with Crippen molar-refractivity contribution in [2.75, 3.05) is 0 Å². The van der Waals surface area contributed by atoms with Gasteiger partial charge in [0.25, 0.3) is 0 Å². The van der Waals surface area contributed by atoms with Crippen LogP contribution < -0.4 is 5.32 Å². The van der Waals surface area contributed by atoms with Gasteiger partial charge < -0.3 is 19.5 Å². The van der Waals surface area contributed by atoms with Crippen molar-refractivity contribution in [1.29, 1.82) is 0 Å². The van der Waals surface area contributed by atoms with E-state index in [1.807, 2.05) is 30.3 Å². The van der Waals surface area contributed by atoms with E-state index in [1.165, 1.54) is 13.8 Å². The van der Waals surface area contributed by atoms with Gasteiger partial charge in [0.1, 0.15) is 12.1 Å². The lowest BCUT2D eigenvalue weighted by atomic mass is 9.95. The molecule has 2 rings (SSSR count). The van der Waals surface area contributed by atoms with Crippen LogP contribution in [-0.2, 0) is 30.4 Å². The number of benzene rings is 1. The first kappa shape index (κ1) is 19.7. The van der Waals surface area contributed by atoms with E-state index in [-0.39, 0.29) is 12.5 Å². The molecule has 9 nitrogen and oxygen atoms in total. The van der Waals surface area contributed by atoms with E-state index in [9.17, 15) is 9.59 Å². The number of amides is 1. The molecule has 1 amide bonds. The van der Waals surface area contributed by atoms with Crippen LogP contribution in [0, 0.1) is 0 Å². The Bertz CT molecular complexity index is 677. The van der Waals surface area contributed by atoms with Crippen molar-refractivity contribution in [3.8, 4) is 0 Å². The molecule has 0 saturated carbocycles. The molecule has 1 aliphatic rings. The van der Waals surface area contributed by atoms with E-state index in [0.717, 1.165) is 5.56 Å². The Labute approximate surface area is 151 Å². The molecule has 1 aliphatic heterocycles. The van der Waals surface area contributed by atoms with Crippen LogP contribution in [0.5, 0.6) is 0 Å². The maximum Gasteiger partial charge on any atom is 0.303 e. The second-order valence-electron chi connectivity index (χ2n) is 6.00. The number of carbonyl (C=O) groups excluding carboxylic acids is 2. The van der Waals surface area contributed by atoms with Crippen LogP contribution in [0.4, 0.5) is 0 Å². The minimum atomic E-state index is -0.864. The van der Waals surface area contributed by atoms with Crippen LogP contribution in [0.2, 0.25) is 0 Å². The van der Waals surface area contributed by atoms with Gasteiger partial charge in [-0.3, -0.25) is 9.59 Å². The normalized spacial score (nSPS) is 27.9. The molecule has 1 heterocycles. The molecule has 1 saturated heterocycles. The van der Waals surface area contributed by atoms with Gasteiger partial charge >= 0.3 is 5.97 Å². The molecule has 1 aromatic carbocycles. The number of hydrogen-bond donors (Lipinski definition) is 1. The van der Waals surface area contributed by atoms with Crippen LogP contribution >= 0.6 is 0 Å². The molecule has 1 aromatic rings. The fourth-order valence-corrected chi connectivity index (χ4v) is 2.85. The van der Waals surface area contributed by atoms with E-state index in [0.29, 0.717) is 0 Å². The van der Waals surface area contributed by atoms with Gasteiger partial charge in [-0.2, -0.15) is 0 Å². The van der Waals surface area contributed by atoms with E-state index >= 15 is 0 Å². The summed E-state index contributed by atoms with van der Waals surface area (Å²) in [4.78, 5) is 25.9. The molecule has 0 spiro atoms. The number of esters is 1. The molecule has 0 aromatic heterocycles. The fraction of sp³-hybridized carbons (Fsp3) is 0.529. The highest BCUT2D eigenvalue weighted by molar-refractivity contribution is 5.73. The summed E-state index contributed by atoms with van der Waals surface area (Å²) >= 11 is 0. The number of ether oxygens (including phenoxy) is 3. The predicted octanol–water partition coefficient (Wildman–Crippen LogP) is 2.06. The molecular weight excluding hydrogens is 340 g/mol. The molecular formula is C17H22N4O5. The SMILES string of the molecule is CC(=O)N[C@H]1[C@H](OCc2ccccc2)O[C@@H](C)[C@H](OC(C)=O)[C@@H]1N=[N+]=[N-]. The number of azide groups is 1. The monoisotopic (exact) mass is 362 g/mol. The zero-order valence-corrected chi connectivity index (χ0v) is 14.9. The largest absolute Gasteiger partial charge is 0.459 e. The third kappa shape index (κ3) is 5.19. The van der Waals surface area contributed by atoms with E-state index in [2.05, 4.69) is 15.3 Å². The molecule has 5 atom stereocenters. The summed E-state index contributed by atoms with van der Waals surface area (Å²) in [7, 11) is 0. The maximum atomic E-state index is 11.6. The number of nitrogens with one attached hydrogen (secondary N) is 1. The first-order valence-corrected chi connectivity index (χ1v) is 8.22. The lowest BCUT2D eigenvalue weighted by molar-refractivity contribution is -0.245. The predicted molar refractivity (Wildman–Crippen MR) is 91.7 cm³/mol. The molecule has 1 fully saturated rings. The molecule has 0 aliphatic carbocycles. The zero-order valence-electron chi connectivity index (χ0n) is 14.9. The molecule has 140 valence electrons. The van der Waals surface area contributed by atoms with Crippen molar-refractivity contribution >= 4 is 11.9 Å². The van der Waals surface area contributed by atoms with Gasteiger partial charge in [0.2, 0.25) is 5.91 Å². The van der Waals surface area contributed by atoms with Gasteiger partial charge in [-0.15, -0.1) is 0 Å². The fourth-order valence-electron chi connectivity index (χ4n) is 2.85. The smallest absolute Gasteiger partial charge is 0.303 e. The number of rotatable bonds is 6. The Morgan fingerprint density at radius 1 is 1.31 bits per heavy atom. The van der Waals surface area contributed by atoms with Crippen molar-refractivity contribution in [3.63, 3.8) is 0 Å². The zero-order chi connectivity index (χ0) is 19.1. The lowest BCUT2D eigenvalue weighted by Crippen LogP contribution is -2.63. The van der Waals surface area contributed by atoms with Gasteiger partial charge in [0.05, 0.1) is 18.8 Å². The summed E-state index contributed by atoms with van der Waals surface area (Å²) in [5, 5.41) is 6.42. The third-order valence-corrected chi connectivity index (χ3v) is 3.92. The van der Waals surface area contributed by atoms with Crippen LogP contribution in [0.15, 0.2) is 35.4 Å². The average molecular weight is 362 g/mol. The van der Waals surface area contributed by atoms with Crippen molar-refractivity contribution in [2.24, 2.45) is 5.11 Å². The molecule has 26 heavy (non-hydrogen) atoms. The lowest BCUT2D eigenvalue weighted by Gasteiger charge is -2.43. The van der Waals surface area contributed by atoms with E-state index < -0.39 is 36.6 Å². The summed E-state index contributed by atoms with van der Waals surface area (Å²) < 4.78 is 16.9. The Morgan fingerprint density at radius 2 is 2.00 bits per heavy atom. The standard InChI is InChI=1S/C17H22N4O5/c1-10-16(26-12(3)23)14(20-21-18)15(19-11(2)22)17(25-10)24-9-13-7-5-4-6-8-13/h4-8,10,14-17H,9H2,1-3H3,(H,19,22)/t10-,14+,15+,16-,17+/m0/s1. The van der Waals surface area contributed by atoms with Crippen molar-refractivity contribution in [2.45, 2.75) is 58.0 Å². The van der Waals surface area contributed by atoms with E-state index in [4.69, 9.17) is 19.7 Å². The van der Waals surface area contributed by atoms with Crippen LogP contribution in [0.25, 0.3) is 10.4 Å². The molecule has 0 bridgehead atoms. The van der Waals surface area contributed by atoms with Crippen molar-refractivity contribution < 1.29 is 23.8 Å². The van der Waals surface area contributed by atoms with Crippen molar-refractivity contribution in [3.05, 3.63) is 46.3 Å². The highest BCUT2D eigenvalue weighted by atomic mass is 16.7. The summed E-state index contributed by atoms with van der Waals surface area (Å²) in [6.07, 6.45) is -2.28. The molecule has 0 radical (unpaired) electrons. The van der Waals surface area contributed by atoms with Crippen LogP contribution in [0.1, 0.15) is 26.3 Å². The summed E-state index contributed by atoms with van der Waals surface area (Å²) in [6, 6.07) is 7.79. The Balaban J connectivity index is 2.23.